The van der Waals surface area contributed by atoms with Crippen LogP contribution in [-0.4, -0.2) is 20.9 Å². The van der Waals surface area contributed by atoms with Crippen LogP contribution in [0.5, 0.6) is 0 Å². The smallest absolute Gasteiger partial charge is 0.393 e. The first-order valence-electron chi connectivity index (χ1n) is 8.38. The lowest BCUT2D eigenvalue weighted by Crippen LogP contribution is -2.08. The average Bonchev–Trinajstić information content (AvgIpc) is 2.66. The minimum absolute atomic E-state index is 0.0410. The first-order chi connectivity index (χ1) is 14.1. The molecule has 3 aromatic rings. The van der Waals surface area contributed by atoms with Gasteiger partial charge in [-0.1, -0.05) is 11.6 Å². The maximum atomic E-state index is 12.7. The van der Waals surface area contributed by atoms with Gasteiger partial charge in [0.1, 0.15) is 17.8 Å². The number of nitrogen functional groups attached to an aromatic ring is 1. The molecule has 30 heavy (non-hydrogen) atoms. The zero-order chi connectivity index (χ0) is 21.9. The van der Waals surface area contributed by atoms with Gasteiger partial charge in [0, 0.05) is 24.5 Å². The van der Waals surface area contributed by atoms with Crippen LogP contribution in [0.4, 0.5) is 47.7 Å². The Morgan fingerprint density at radius 1 is 1.00 bits per heavy atom. The van der Waals surface area contributed by atoms with Crippen molar-refractivity contribution < 1.29 is 18.0 Å². The van der Waals surface area contributed by atoms with Gasteiger partial charge in [-0.05, 0) is 30.3 Å². The van der Waals surface area contributed by atoms with Crippen LogP contribution in [0.3, 0.4) is 0 Å². The second kappa shape index (κ2) is 8.41. The van der Waals surface area contributed by atoms with E-state index in [1.165, 1.54) is 13.3 Å². The van der Waals surface area contributed by atoms with Crippen molar-refractivity contribution in [2.45, 2.75) is 13.1 Å². The number of rotatable bonds is 5. The van der Waals surface area contributed by atoms with Crippen LogP contribution in [0.15, 0.2) is 42.9 Å². The summed E-state index contributed by atoms with van der Waals surface area (Å²) in [5, 5.41) is 8.09. The van der Waals surface area contributed by atoms with E-state index in [4.69, 9.17) is 17.3 Å². The predicted octanol–water partition coefficient (Wildman–Crippen LogP) is 4.57. The quantitative estimate of drug-likeness (QED) is 0.461. The molecule has 0 aliphatic carbocycles. The summed E-state index contributed by atoms with van der Waals surface area (Å²) in [6.45, 7) is 1.40. The Bertz CT molecular complexity index is 1070. The summed E-state index contributed by atoms with van der Waals surface area (Å²) in [4.78, 5) is 22.8. The van der Waals surface area contributed by atoms with Gasteiger partial charge in [-0.25, -0.2) is 15.0 Å². The molecule has 0 aliphatic rings. The number of carbonyl (C=O) groups excluding carboxylic acids is 1. The van der Waals surface area contributed by atoms with Crippen LogP contribution in [-0.2, 0) is 11.0 Å². The zero-order valence-corrected chi connectivity index (χ0v) is 16.1. The molecule has 0 bridgehead atoms. The van der Waals surface area contributed by atoms with Crippen LogP contribution in [0.1, 0.15) is 12.5 Å². The Balaban J connectivity index is 1.79. The first kappa shape index (κ1) is 21.1. The van der Waals surface area contributed by atoms with E-state index in [0.717, 1.165) is 6.07 Å². The molecule has 0 saturated carbocycles. The highest BCUT2D eigenvalue weighted by Crippen LogP contribution is 2.34. The van der Waals surface area contributed by atoms with Gasteiger partial charge in [0.2, 0.25) is 5.91 Å². The minimum atomic E-state index is -4.56. The number of alkyl halides is 3. The normalized spacial score (nSPS) is 11.1. The number of anilines is 6. The van der Waals surface area contributed by atoms with Crippen LogP contribution in [0, 0.1) is 0 Å². The van der Waals surface area contributed by atoms with E-state index in [2.05, 4.69) is 30.9 Å². The Hall–Kier alpha value is -3.60. The van der Waals surface area contributed by atoms with Crippen molar-refractivity contribution in [2.24, 2.45) is 0 Å². The average molecular weight is 438 g/mol. The van der Waals surface area contributed by atoms with E-state index in [1.54, 1.807) is 24.3 Å². The molecule has 0 unspecified atom stereocenters. The second-order valence-electron chi connectivity index (χ2n) is 6.05. The topological polar surface area (TPSA) is 118 Å². The summed E-state index contributed by atoms with van der Waals surface area (Å²) < 4.78 is 38.2. The maximum Gasteiger partial charge on any atom is 0.417 e. The SMILES string of the molecule is CC(=O)Nc1ccc(Nc2ncnc(Nc3ncc(C(F)(F)F)cc3Cl)c2N)cc1. The number of pyridine rings is 1. The Morgan fingerprint density at radius 2 is 1.60 bits per heavy atom. The molecule has 2 heterocycles. The largest absolute Gasteiger partial charge is 0.417 e. The lowest BCUT2D eigenvalue weighted by atomic mass is 10.2. The van der Waals surface area contributed by atoms with Gasteiger partial charge in [0.15, 0.2) is 11.6 Å². The molecule has 1 amide bonds. The van der Waals surface area contributed by atoms with Crippen LogP contribution in [0.25, 0.3) is 0 Å². The number of nitrogens with one attached hydrogen (secondary N) is 3. The van der Waals surface area contributed by atoms with E-state index in [9.17, 15) is 18.0 Å². The van der Waals surface area contributed by atoms with Crippen molar-refractivity contribution in [1.29, 1.82) is 0 Å². The Kier molecular flexibility index (Phi) is 5.92. The highest BCUT2D eigenvalue weighted by atomic mass is 35.5. The third-order valence-corrected chi connectivity index (χ3v) is 4.05. The summed E-state index contributed by atoms with van der Waals surface area (Å²) in [6.07, 6.45) is -2.69. The fourth-order valence-electron chi connectivity index (χ4n) is 2.37. The molecule has 0 atom stereocenters. The maximum absolute atomic E-state index is 12.7. The van der Waals surface area contributed by atoms with E-state index in [1.807, 2.05) is 0 Å². The van der Waals surface area contributed by atoms with Gasteiger partial charge >= 0.3 is 6.18 Å². The van der Waals surface area contributed by atoms with E-state index < -0.39 is 11.7 Å². The van der Waals surface area contributed by atoms with Crippen LogP contribution < -0.4 is 21.7 Å². The molecule has 2 aromatic heterocycles. The lowest BCUT2D eigenvalue weighted by molar-refractivity contribution is -0.137. The molecule has 12 heteroatoms. The van der Waals surface area contributed by atoms with Gasteiger partial charge in [0.05, 0.1) is 10.6 Å². The van der Waals surface area contributed by atoms with Gasteiger partial charge < -0.3 is 21.7 Å². The highest BCUT2D eigenvalue weighted by Gasteiger charge is 2.31. The highest BCUT2D eigenvalue weighted by molar-refractivity contribution is 6.33. The fourth-order valence-corrected chi connectivity index (χ4v) is 2.58. The minimum Gasteiger partial charge on any atom is -0.393 e. The molecular formula is C18H15ClF3N7O. The number of hydrogen-bond acceptors (Lipinski definition) is 7. The third kappa shape index (κ3) is 5.06. The number of benzene rings is 1. The first-order valence-corrected chi connectivity index (χ1v) is 8.76. The number of amides is 1. The molecule has 0 spiro atoms. The molecule has 156 valence electrons. The van der Waals surface area contributed by atoms with E-state index >= 15 is 0 Å². The summed E-state index contributed by atoms with van der Waals surface area (Å²) >= 11 is 5.90. The van der Waals surface area contributed by atoms with Crippen LogP contribution >= 0.6 is 11.6 Å². The number of hydrogen-bond donors (Lipinski definition) is 4. The standard InChI is InChI=1S/C18H15ClF3N7O/c1-9(30)27-11-2-4-12(5-3-11)28-16-14(23)17(26-8-25-16)29-15-13(19)6-10(7-24-15)18(20,21)22/h2-8H,23H2,1H3,(H,27,30)(H2,24,25,26,28,29). The molecule has 0 saturated heterocycles. The molecule has 1 aromatic carbocycles. The van der Waals surface area contributed by atoms with Gasteiger partial charge in [-0.2, -0.15) is 13.2 Å². The molecule has 0 radical (unpaired) electrons. The molecule has 8 nitrogen and oxygen atoms in total. The zero-order valence-electron chi connectivity index (χ0n) is 15.4. The van der Waals surface area contributed by atoms with Crippen molar-refractivity contribution in [3.05, 3.63) is 53.4 Å². The lowest BCUT2D eigenvalue weighted by Gasteiger charge is -2.14. The summed E-state index contributed by atoms with van der Waals surface area (Å²) in [5.74, 6) is 0.127. The third-order valence-electron chi connectivity index (χ3n) is 3.76. The Labute approximate surface area is 173 Å². The van der Waals surface area contributed by atoms with Crippen molar-refractivity contribution in [2.75, 3.05) is 21.7 Å². The molecule has 3 rings (SSSR count). The fraction of sp³-hybridized carbons (Fsp3) is 0.111. The van der Waals surface area contributed by atoms with Gasteiger partial charge in [-0.3, -0.25) is 4.79 Å². The number of aromatic nitrogens is 3. The van der Waals surface area contributed by atoms with Crippen molar-refractivity contribution in [3.8, 4) is 0 Å². The van der Waals surface area contributed by atoms with Gasteiger partial charge in [-0.15, -0.1) is 0 Å². The summed E-state index contributed by atoms with van der Waals surface area (Å²) in [7, 11) is 0. The number of nitrogens with two attached hydrogens (primary N) is 1. The molecule has 0 fully saturated rings. The molecule has 0 aliphatic heterocycles. The van der Waals surface area contributed by atoms with Gasteiger partial charge in [0.25, 0.3) is 0 Å². The second-order valence-corrected chi connectivity index (χ2v) is 6.45. The molecule has 5 N–H and O–H groups in total. The summed E-state index contributed by atoms with van der Waals surface area (Å²) in [6, 6.07) is 7.53. The number of carbonyl (C=O) groups is 1. The monoisotopic (exact) mass is 437 g/mol. The number of nitrogens with zero attached hydrogens (tertiary/aromatic N) is 3. The molecular weight excluding hydrogens is 423 g/mol. The summed E-state index contributed by atoms with van der Waals surface area (Å²) in [5.41, 5.74) is 6.44. The predicted molar refractivity (Wildman–Crippen MR) is 108 cm³/mol. The van der Waals surface area contributed by atoms with Crippen molar-refractivity contribution >= 4 is 52.0 Å². The van der Waals surface area contributed by atoms with Crippen molar-refractivity contribution in [3.63, 3.8) is 0 Å². The van der Waals surface area contributed by atoms with Crippen molar-refractivity contribution in [1.82, 2.24) is 15.0 Å². The number of halogens is 4. The van der Waals surface area contributed by atoms with E-state index in [0.29, 0.717) is 17.6 Å². The van der Waals surface area contributed by atoms with E-state index in [-0.39, 0.29) is 34.1 Å². The Morgan fingerprint density at radius 3 is 2.17 bits per heavy atom. The van der Waals surface area contributed by atoms with Crippen LogP contribution in [0.2, 0.25) is 5.02 Å².